The Morgan fingerprint density at radius 1 is 1.08 bits per heavy atom. The van der Waals surface area contributed by atoms with E-state index in [0.717, 1.165) is 37.1 Å². The number of nitrogens with one attached hydrogen (secondary N) is 4. The molecule has 0 aliphatic carbocycles. The first kappa shape index (κ1) is 36.6. The van der Waals surface area contributed by atoms with Crippen LogP contribution in [0.3, 0.4) is 0 Å². The minimum atomic E-state index is -0.758. The second kappa shape index (κ2) is 18.4. The third-order valence-corrected chi connectivity index (χ3v) is 8.45. The molecule has 3 amide bonds. The molecule has 1 aliphatic rings. The van der Waals surface area contributed by atoms with Crippen LogP contribution in [0.25, 0.3) is 10.9 Å². The number of carbonyl (C=O) groups is 4. The number of unbranched alkanes of at least 4 members (excludes halogenated alkanes) is 2. The first-order valence-electron chi connectivity index (χ1n) is 16.6. The molecule has 1 saturated heterocycles. The molecule has 1 fully saturated rings. The summed E-state index contributed by atoms with van der Waals surface area (Å²) in [7, 11) is 4.88. The number of Topliss-reactive ketones (excluding diaryl/α,β-unsaturated/α-hetero) is 1. The Labute approximate surface area is 286 Å². The maximum atomic E-state index is 13.4. The van der Waals surface area contributed by atoms with Crippen molar-refractivity contribution in [2.75, 3.05) is 46.2 Å². The Kier molecular flexibility index (Phi) is 13.7. The summed E-state index contributed by atoms with van der Waals surface area (Å²) in [5.74, 6) is 2.51. The van der Waals surface area contributed by atoms with Gasteiger partial charge in [0.25, 0.3) is 5.91 Å². The van der Waals surface area contributed by atoms with E-state index in [1.807, 2.05) is 36.2 Å². The summed E-state index contributed by atoms with van der Waals surface area (Å²) in [6, 6.07) is 9.91. The van der Waals surface area contributed by atoms with E-state index in [1.54, 1.807) is 12.1 Å². The molecule has 0 bridgehead atoms. The van der Waals surface area contributed by atoms with Gasteiger partial charge >= 0.3 is 0 Å². The predicted octanol–water partition coefficient (Wildman–Crippen LogP) is 3.09. The highest BCUT2D eigenvalue weighted by Crippen LogP contribution is 2.34. The van der Waals surface area contributed by atoms with E-state index in [-0.39, 0.29) is 37.4 Å². The first-order valence-corrected chi connectivity index (χ1v) is 16.6. The molecule has 0 radical (unpaired) electrons. The van der Waals surface area contributed by atoms with E-state index in [4.69, 9.17) is 15.9 Å². The van der Waals surface area contributed by atoms with E-state index >= 15 is 0 Å². The summed E-state index contributed by atoms with van der Waals surface area (Å²) >= 11 is 0. The van der Waals surface area contributed by atoms with Gasteiger partial charge in [-0.1, -0.05) is 31.2 Å². The molecule has 4 rings (SSSR count). The highest BCUT2D eigenvalue weighted by Gasteiger charge is 2.29. The second-order valence-corrected chi connectivity index (χ2v) is 11.9. The second-order valence-electron chi connectivity index (χ2n) is 11.9. The molecule has 1 aliphatic heterocycles. The summed E-state index contributed by atoms with van der Waals surface area (Å²) in [4.78, 5) is 60.7. The van der Waals surface area contributed by atoms with Crippen LogP contribution < -0.4 is 30.7 Å². The van der Waals surface area contributed by atoms with Crippen molar-refractivity contribution < 1.29 is 28.7 Å². The number of benzene rings is 2. The first-order chi connectivity index (χ1) is 23.7. The fourth-order valence-electron chi connectivity index (χ4n) is 5.72. The number of likely N-dealkylation sites (N-methyl/N-ethyl adjacent to an activating group) is 2. The molecule has 13 heteroatoms. The van der Waals surface area contributed by atoms with Gasteiger partial charge in [-0.3, -0.25) is 24.1 Å². The molecular formula is C36H45N7O6. The van der Waals surface area contributed by atoms with Crippen molar-refractivity contribution in [3.63, 3.8) is 0 Å². The Hall–Kier alpha value is -5.22. The monoisotopic (exact) mass is 671 g/mol. The highest BCUT2D eigenvalue weighted by molar-refractivity contribution is 6.36. The van der Waals surface area contributed by atoms with Crippen molar-refractivity contribution in [1.29, 1.82) is 0 Å². The third kappa shape index (κ3) is 10.4. The zero-order valence-electron chi connectivity index (χ0n) is 28.3. The number of ketones is 1. The molecule has 2 heterocycles. The van der Waals surface area contributed by atoms with Crippen molar-refractivity contribution >= 4 is 45.9 Å². The number of rotatable bonds is 17. The zero-order valence-corrected chi connectivity index (χ0v) is 28.3. The van der Waals surface area contributed by atoms with Gasteiger partial charge in [0.05, 0.1) is 25.2 Å². The van der Waals surface area contributed by atoms with E-state index in [2.05, 4.69) is 37.2 Å². The number of carbonyl (C=O) groups excluding carboxylic acids is 4. The van der Waals surface area contributed by atoms with Gasteiger partial charge in [-0.15, -0.1) is 6.42 Å². The lowest BCUT2D eigenvalue weighted by atomic mass is 10.0. The number of amides is 3. The number of hydrogen-bond acceptors (Lipinski definition) is 10. The number of hydrogen-bond donors (Lipinski definition) is 4. The Bertz CT molecular complexity index is 1670. The van der Waals surface area contributed by atoms with Gasteiger partial charge in [-0.25, -0.2) is 9.97 Å². The molecule has 49 heavy (non-hydrogen) atoms. The largest absolute Gasteiger partial charge is 0.493 e. The summed E-state index contributed by atoms with van der Waals surface area (Å²) in [5.41, 5.74) is 2.14. The summed E-state index contributed by atoms with van der Waals surface area (Å²) in [6.45, 7) is 1.13. The average Bonchev–Trinajstić information content (AvgIpc) is 3.12. The van der Waals surface area contributed by atoms with Crippen LogP contribution in [0, 0.1) is 12.3 Å². The molecule has 4 N–H and O–H groups in total. The van der Waals surface area contributed by atoms with Crippen molar-refractivity contribution in [2.24, 2.45) is 0 Å². The van der Waals surface area contributed by atoms with Crippen molar-refractivity contribution in [3.05, 3.63) is 48.3 Å². The van der Waals surface area contributed by atoms with Crippen LogP contribution in [-0.2, 0) is 19.2 Å². The molecule has 0 saturated carbocycles. The van der Waals surface area contributed by atoms with Gasteiger partial charge in [0, 0.05) is 36.2 Å². The molecule has 2 aromatic carbocycles. The molecule has 1 aromatic heterocycles. The number of aromatic nitrogens is 2. The number of terminal acetylenes is 1. The van der Waals surface area contributed by atoms with Gasteiger partial charge in [-0.2, -0.15) is 0 Å². The van der Waals surface area contributed by atoms with E-state index in [0.29, 0.717) is 53.9 Å². The number of ether oxygens (including phenoxy) is 2. The smallest absolute Gasteiger partial charge is 0.287 e. The molecule has 13 nitrogen and oxygen atoms in total. The van der Waals surface area contributed by atoms with Crippen molar-refractivity contribution in [3.8, 4) is 23.8 Å². The number of likely N-dealkylation sites (tertiary alicyclic amines) is 1. The minimum absolute atomic E-state index is 0.127. The minimum Gasteiger partial charge on any atom is -0.493 e. The normalized spacial score (nSPS) is 15.0. The van der Waals surface area contributed by atoms with E-state index in [9.17, 15) is 19.2 Å². The van der Waals surface area contributed by atoms with Crippen LogP contribution in [0.5, 0.6) is 11.5 Å². The van der Waals surface area contributed by atoms with Crippen LogP contribution in [0.15, 0.2) is 42.7 Å². The summed E-state index contributed by atoms with van der Waals surface area (Å²) in [6.07, 6.45) is 12.0. The predicted molar refractivity (Wildman–Crippen MR) is 187 cm³/mol. The van der Waals surface area contributed by atoms with Crippen LogP contribution in [0.2, 0.25) is 0 Å². The third-order valence-electron chi connectivity index (χ3n) is 8.45. The van der Waals surface area contributed by atoms with Crippen LogP contribution in [0.4, 0.5) is 11.5 Å². The number of piperidine rings is 1. The zero-order chi connectivity index (χ0) is 35.2. The number of methoxy groups -OCH3 is 1. The quantitative estimate of drug-likeness (QED) is 0.0953. The average molecular weight is 672 g/mol. The van der Waals surface area contributed by atoms with Gasteiger partial charge in [0.15, 0.2) is 11.5 Å². The molecule has 1 unspecified atom stereocenters. The lowest BCUT2D eigenvalue weighted by Gasteiger charge is -2.32. The van der Waals surface area contributed by atoms with E-state index in [1.165, 1.54) is 20.5 Å². The molecule has 260 valence electrons. The van der Waals surface area contributed by atoms with Gasteiger partial charge in [0.2, 0.25) is 17.6 Å². The Morgan fingerprint density at radius 2 is 1.92 bits per heavy atom. The lowest BCUT2D eigenvalue weighted by Crippen LogP contribution is -2.54. The lowest BCUT2D eigenvalue weighted by molar-refractivity contribution is -0.137. The van der Waals surface area contributed by atoms with Crippen molar-refractivity contribution in [2.45, 2.75) is 63.5 Å². The fourth-order valence-corrected chi connectivity index (χ4v) is 5.72. The molecular weight excluding hydrogens is 626 g/mol. The van der Waals surface area contributed by atoms with Crippen LogP contribution in [0.1, 0.15) is 56.9 Å². The van der Waals surface area contributed by atoms with Crippen molar-refractivity contribution in [1.82, 2.24) is 30.8 Å². The Morgan fingerprint density at radius 3 is 2.67 bits per heavy atom. The summed E-state index contributed by atoms with van der Waals surface area (Å²) in [5, 5.41) is 12.2. The fraction of sp³-hybridized carbons (Fsp3) is 0.444. The van der Waals surface area contributed by atoms with Gasteiger partial charge in [-0.05, 0) is 63.5 Å². The molecule has 0 spiro atoms. The number of anilines is 2. The van der Waals surface area contributed by atoms with Crippen LogP contribution >= 0.6 is 0 Å². The Balaban J connectivity index is 1.38. The van der Waals surface area contributed by atoms with E-state index < -0.39 is 17.7 Å². The SMILES string of the molecule is C#Cc1cccc(Nc2ncnc3cc(OC)c(OCCNC(=O)[C@H](CCCCCC(=O)C(=O)NC)NC(=O)C4CCCCN4C)cc23)c1. The van der Waals surface area contributed by atoms with Gasteiger partial charge in [0.1, 0.15) is 24.8 Å². The van der Waals surface area contributed by atoms with Crippen LogP contribution in [-0.4, -0.2) is 91.4 Å². The standard InChI is InChI=1S/C36H45N7O6/c1-5-24-12-11-13-25(20-24)41-33-26-21-32(31(48-4)22-28(26)39-23-40-33)49-19-17-38-34(45)27(14-7-6-8-16-30(44)36(47)37-2)42-35(46)29-15-9-10-18-43(29)3/h1,11-13,20-23,27,29H,6-10,14-19H2,2-4H3,(H,37,47)(H,38,45)(H,42,46)(H,39,40,41)/t27-,29?/m0/s1. The maximum Gasteiger partial charge on any atom is 0.287 e. The topological polar surface area (TPSA) is 164 Å². The summed E-state index contributed by atoms with van der Waals surface area (Å²) < 4.78 is 11.6. The highest BCUT2D eigenvalue weighted by atomic mass is 16.5. The number of nitrogens with zero attached hydrogens (tertiary/aromatic N) is 3. The van der Waals surface area contributed by atoms with Gasteiger partial charge < -0.3 is 30.7 Å². The maximum absolute atomic E-state index is 13.4. The molecule has 2 atom stereocenters. The molecule has 3 aromatic rings. The number of fused-ring (bicyclic) bond motifs is 1.